The van der Waals surface area contributed by atoms with E-state index in [-0.39, 0.29) is 17.5 Å². The van der Waals surface area contributed by atoms with Crippen LogP contribution >= 0.6 is 46.3 Å². The molecule has 0 atom stereocenters. The quantitative estimate of drug-likeness (QED) is 0.368. The molecule has 2 aromatic carbocycles. The van der Waals surface area contributed by atoms with Gasteiger partial charge < -0.3 is 5.32 Å². The van der Waals surface area contributed by atoms with E-state index in [0.717, 1.165) is 22.2 Å². The van der Waals surface area contributed by atoms with Gasteiger partial charge in [0.1, 0.15) is 5.82 Å². The zero-order chi connectivity index (χ0) is 21.8. The second-order valence-corrected chi connectivity index (χ2v) is 9.13. The summed E-state index contributed by atoms with van der Waals surface area (Å²) in [6, 6.07) is 11.0. The molecule has 0 saturated carbocycles. The van der Waals surface area contributed by atoms with E-state index in [4.69, 9.17) is 23.2 Å². The van der Waals surface area contributed by atoms with E-state index in [1.165, 1.54) is 28.2 Å². The Morgan fingerprint density at radius 1 is 1.19 bits per heavy atom. The number of tetrazole rings is 1. The highest BCUT2D eigenvalue weighted by Gasteiger charge is 2.13. The number of carbonyl (C=O) groups is 1. The van der Waals surface area contributed by atoms with Crippen LogP contribution in [0.25, 0.3) is 5.69 Å². The lowest BCUT2D eigenvalue weighted by molar-refractivity contribution is -0.113. The van der Waals surface area contributed by atoms with E-state index in [0.29, 0.717) is 32.4 Å². The standard InChI is InChI=1S/C19H13Cl2FN6OS2/c20-12-1-6-16(21)11(7-12)8-15-9-23-18(31-15)24-17(29)10-30-19-25-26-27-28(19)14-4-2-13(22)3-5-14/h1-7,9H,8,10H2,(H,23,24,29). The molecule has 158 valence electrons. The van der Waals surface area contributed by atoms with Crippen molar-refractivity contribution < 1.29 is 9.18 Å². The molecule has 7 nitrogen and oxygen atoms in total. The number of rotatable bonds is 7. The van der Waals surface area contributed by atoms with Crippen molar-refractivity contribution in [1.29, 1.82) is 0 Å². The third-order valence-electron chi connectivity index (χ3n) is 4.02. The van der Waals surface area contributed by atoms with Crippen molar-refractivity contribution >= 4 is 57.3 Å². The van der Waals surface area contributed by atoms with Gasteiger partial charge in [-0.3, -0.25) is 4.79 Å². The number of nitrogens with zero attached hydrogens (tertiary/aromatic N) is 5. The molecule has 2 aromatic heterocycles. The Labute approximate surface area is 194 Å². The maximum absolute atomic E-state index is 13.1. The number of carbonyl (C=O) groups excluding carboxylic acids is 1. The van der Waals surface area contributed by atoms with Crippen molar-refractivity contribution in [2.24, 2.45) is 0 Å². The lowest BCUT2D eigenvalue weighted by Gasteiger charge is -2.04. The average molecular weight is 495 g/mol. The highest BCUT2D eigenvalue weighted by atomic mass is 35.5. The van der Waals surface area contributed by atoms with E-state index in [9.17, 15) is 9.18 Å². The van der Waals surface area contributed by atoms with Gasteiger partial charge in [0.2, 0.25) is 11.1 Å². The number of amides is 1. The van der Waals surface area contributed by atoms with Crippen LogP contribution in [0, 0.1) is 5.82 Å². The Kier molecular flexibility index (Phi) is 6.81. The Bertz CT molecular complexity index is 1210. The number of halogens is 3. The number of nitrogens with one attached hydrogen (secondary N) is 1. The Morgan fingerprint density at radius 2 is 2.00 bits per heavy atom. The zero-order valence-corrected chi connectivity index (χ0v) is 18.8. The predicted molar refractivity (Wildman–Crippen MR) is 120 cm³/mol. The smallest absolute Gasteiger partial charge is 0.236 e. The van der Waals surface area contributed by atoms with Gasteiger partial charge in [0.25, 0.3) is 0 Å². The van der Waals surface area contributed by atoms with Crippen LogP contribution in [0.4, 0.5) is 9.52 Å². The highest BCUT2D eigenvalue weighted by Crippen LogP contribution is 2.27. The molecule has 0 bridgehead atoms. The van der Waals surface area contributed by atoms with Gasteiger partial charge in [-0.05, 0) is 58.5 Å². The molecule has 0 aliphatic carbocycles. The van der Waals surface area contributed by atoms with Crippen molar-refractivity contribution in [3.63, 3.8) is 0 Å². The summed E-state index contributed by atoms with van der Waals surface area (Å²) in [7, 11) is 0. The topological polar surface area (TPSA) is 85.6 Å². The van der Waals surface area contributed by atoms with E-state index in [1.54, 1.807) is 30.5 Å². The van der Waals surface area contributed by atoms with Crippen LogP contribution in [0.2, 0.25) is 10.0 Å². The summed E-state index contributed by atoms with van der Waals surface area (Å²) in [5.74, 6) is -0.525. The molecule has 12 heteroatoms. The van der Waals surface area contributed by atoms with E-state index in [2.05, 4.69) is 25.8 Å². The first-order valence-electron chi connectivity index (χ1n) is 8.83. The summed E-state index contributed by atoms with van der Waals surface area (Å²) >= 11 is 14.8. The maximum atomic E-state index is 13.1. The Balaban J connectivity index is 1.35. The van der Waals surface area contributed by atoms with Crippen molar-refractivity contribution in [3.8, 4) is 5.69 Å². The van der Waals surface area contributed by atoms with Gasteiger partial charge in [-0.2, -0.15) is 4.68 Å². The number of thioether (sulfide) groups is 1. The van der Waals surface area contributed by atoms with Crippen molar-refractivity contribution in [2.75, 3.05) is 11.1 Å². The fourth-order valence-electron chi connectivity index (χ4n) is 2.61. The summed E-state index contributed by atoms with van der Waals surface area (Å²) in [5.41, 5.74) is 1.48. The number of thiazole rings is 1. The first-order chi connectivity index (χ1) is 15.0. The van der Waals surface area contributed by atoms with Crippen molar-refractivity contribution in [1.82, 2.24) is 25.2 Å². The van der Waals surface area contributed by atoms with E-state index in [1.807, 2.05) is 6.07 Å². The average Bonchev–Trinajstić information content (AvgIpc) is 3.39. The lowest BCUT2D eigenvalue weighted by Crippen LogP contribution is -2.14. The number of hydrogen-bond donors (Lipinski definition) is 1. The molecule has 2 heterocycles. The van der Waals surface area contributed by atoms with Crippen LogP contribution in [0.5, 0.6) is 0 Å². The molecular weight excluding hydrogens is 482 g/mol. The SMILES string of the molecule is O=C(CSc1nnnn1-c1ccc(F)cc1)Nc1ncc(Cc2cc(Cl)ccc2Cl)s1. The molecule has 0 radical (unpaired) electrons. The number of benzene rings is 2. The molecule has 0 saturated heterocycles. The summed E-state index contributed by atoms with van der Waals surface area (Å²) in [6.45, 7) is 0. The van der Waals surface area contributed by atoms with Crippen molar-refractivity contribution in [2.45, 2.75) is 11.6 Å². The minimum absolute atomic E-state index is 0.0800. The van der Waals surface area contributed by atoms with Crippen LogP contribution in [-0.4, -0.2) is 36.9 Å². The second kappa shape index (κ2) is 9.73. The first kappa shape index (κ1) is 21.7. The third-order valence-corrected chi connectivity index (χ3v) is 6.45. The van der Waals surface area contributed by atoms with Crippen LogP contribution in [0.1, 0.15) is 10.4 Å². The molecule has 4 aromatic rings. The van der Waals surface area contributed by atoms with E-state index < -0.39 is 0 Å². The number of hydrogen-bond acceptors (Lipinski definition) is 7. The third kappa shape index (κ3) is 5.59. The van der Waals surface area contributed by atoms with Gasteiger partial charge in [-0.25, -0.2) is 9.37 Å². The van der Waals surface area contributed by atoms with Gasteiger partial charge >= 0.3 is 0 Å². The van der Waals surface area contributed by atoms with E-state index >= 15 is 0 Å². The molecule has 0 fully saturated rings. The predicted octanol–water partition coefficient (Wildman–Crippen LogP) is 4.89. The zero-order valence-electron chi connectivity index (χ0n) is 15.6. The highest BCUT2D eigenvalue weighted by molar-refractivity contribution is 7.99. The van der Waals surface area contributed by atoms with Crippen LogP contribution < -0.4 is 5.32 Å². The lowest BCUT2D eigenvalue weighted by atomic mass is 10.1. The summed E-state index contributed by atoms with van der Waals surface area (Å²) in [6.07, 6.45) is 2.26. The van der Waals surface area contributed by atoms with Crippen LogP contribution in [0.15, 0.2) is 53.8 Å². The van der Waals surface area contributed by atoms with Gasteiger partial charge in [-0.15, -0.1) is 16.4 Å². The first-order valence-corrected chi connectivity index (χ1v) is 11.4. The number of anilines is 1. The molecule has 0 aliphatic heterocycles. The molecule has 4 rings (SSSR count). The van der Waals surface area contributed by atoms with Gasteiger partial charge in [0.15, 0.2) is 5.13 Å². The van der Waals surface area contributed by atoms with Crippen LogP contribution in [0.3, 0.4) is 0 Å². The Morgan fingerprint density at radius 3 is 2.81 bits per heavy atom. The molecule has 0 spiro atoms. The maximum Gasteiger partial charge on any atom is 0.236 e. The minimum atomic E-state index is -0.356. The summed E-state index contributed by atoms with van der Waals surface area (Å²) < 4.78 is 14.6. The van der Waals surface area contributed by atoms with Gasteiger partial charge in [0.05, 0.1) is 11.4 Å². The fourth-order valence-corrected chi connectivity index (χ4v) is 4.53. The number of aromatic nitrogens is 5. The molecule has 0 aliphatic rings. The van der Waals surface area contributed by atoms with Crippen molar-refractivity contribution in [3.05, 3.63) is 75.0 Å². The van der Waals surface area contributed by atoms with Gasteiger partial charge in [0, 0.05) is 27.5 Å². The largest absolute Gasteiger partial charge is 0.301 e. The summed E-state index contributed by atoms with van der Waals surface area (Å²) in [5, 5.41) is 16.3. The molecule has 31 heavy (non-hydrogen) atoms. The monoisotopic (exact) mass is 494 g/mol. The second-order valence-electron chi connectivity index (χ2n) is 6.23. The van der Waals surface area contributed by atoms with Gasteiger partial charge in [-0.1, -0.05) is 35.0 Å². The molecule has 1 amide bonds. The molecular formula is C19H13Cl2FN6OS2. The summed E-state index contributed by atoms with van der Waals surface area (Å²) in [4.78, 5) is 17.5. The molecule has 0 unspecified atom stereocenters. The normalized spacial score (nSPS) is 10.9. The minimum Gasteiger partial charge on any atom is -0.301 e. The molecule has 1 N–H and O–H groups in total. The fraction of sp³-hybridized carbons (Fsp3) is 0.105. The Hall–Kier alpha value is -2.53. The van der Waals surface area contributed by atoms with Crippen LogP contribution in [-0.2, 0) is 11.2 Å².